The summed E-state index contributed by atoms with van der Waals surface area (Å²) >= 11 is 1.35. The SMILES string of the molecule is COC(=O)c1cc([N+](=O)[O-])c(I)c([N+](=O)[O-])c1O. The zero-order valence-electron chi connectivity index (χ0n) is 8.75. The molecule has 0 spiro atoms. The number of esters is 1. The Morgan fingerprint density at radius 2 is 1.94 bits per heavy atom. The minimum atomic E-state index is -1.10. The van der Waals surface area contributed by atoms with Gasteiger partial charge in [0.1, 0.15) is 5.56 Å². The average molecular weight is 368 g/mol. The predicted molar refractivity (Wildman–Crippen MR) is 65.5 cm³/mol. The molecule has 0 radical (unpaired) electrons. The zero-order valence-corrected chi connectivity index (χ0v) is 10.9. The van der Waals surface area contributed by atoms with E-state index in [0.29, 0.717) is 0 Å². The van der Waals surface area contributed by atoms with Crippen molar-refractivity contribution >= 4 is 39.9 Å². The van der Waals surface area contributed by atoms with Crippen LogP contribution in [0, 0.1) is 23.8 Å². The van der Waals surface area contributed by atoms with Crippen LogP contribution in [0.2, 0.25) is 0 Å². The molecule has 0 amide bonds. The maximum absolute atomic E-state index is 11.3. The lowest BCUT2D eigenvalue weighted by Gasteiger charge is -2.05. The highest BCUT2D eigenvalue weighted by atomic mass is 127. The van der Waals surface area contributed by atoms with E-state index in [0.717, 1.165) is 13.2 Å². The van der Waals surface area contributed by atoms with Gasteiger partial charge in [0.25, 0.3) is 5.69 Å². The minimum absolute atomic E-state index is 0.368. The number of methoxy groups -OCH3 is 1. The van der Waals surface area contributed by atoms with Gasteiger partial charge in [-0.15, -0.1) is 0 Å². The molecule has 96 valence electrons. The van der Waals surface area contributed by atoms with Crippen LogP contribution in [0.25, 0.3) is 0 Å². The molecule has 1 rings (SSSR count). The summed E-state index contributed by atoms with van der Waals surface area (Å²) in [5.41, 5.74) is -2.18. The number of nitro groups is 2. The lowest BCUT2D eigenvalue weighted by Crippen LogP contribution is -2.06. The zero-order chi connectivity index (χ0) is 14.0. The van der Waals surface area contributed by atoms with Gasteiger partial charge in [0.05, 0.1) is 17.0 Å². The van der Waals surface area contributed by atoms with Gasteiger partial charge in [-0.25, -0.2) is 4.79 Å². The summed E-state index contributed by atoms with van der Waals surface area (Å²) < 4.78 is 3.91. The smallest absolute Gasteiger partial charge is 0.342 e. The molecule has 0 aromatic heterocycles. The predicted octanol–water partition coefficient (Wildman–Crippen LogP) is 1.60. The number of benzene rings is 1. The van der Waals surface area contributed by atoms with Crippen LogP contribution in [0.1, 0.15) is 10.4 Å². The highest BCUT2D eigenvalue weighted by Gasteiger charge is 2.33. The van der Waals surface area contributed by atoms with Crippen LogP contribution >= 0.6 is 22.6 Å². The van der Waals surface area contributed by atoms with Crippen molar-refractivity contribution in [2.75, 3.05) is 7.11 Å². The number of rotatable bonds is 3. The summed E-state index contributed by atoms with van der Waals surface area (Å²) in [6, 6.07) is 0.732. The molecule has 18 heavy (non-hydrogen) atoms. The Bertz CT molecular complexity index is 557. The summed E-state index contributed by atoms with van der Waals surface area (Å²) in [6.45, 7) is 0. The summed E-state index contributed by atoms with van der Waals surface area (Å²) in [5.74, 6) is -2.06. The molecular weight excluding hydrogens is 363 g/mol. The second-order valence-corrected chi connectivity index (χ2v) is 4.04. The quantitative estimate of drug-likeness (QED) is 0.371. The van der Waals surface area contributed by atoms with Gasteiger partial charge in [0.2, 0.25) is 5.75 Å². The van der Waals surface area contributed by atoms with Crippen molar-refractivity contribution in [1.29, 1.82) is 0 Å². The number of ether oxygens (including phenoxy) is 1. The topological polar surface area (TPSA) is 133 Å². The molecule has 1 aromatic carbocycles. The van der Waals surface area contributed by atoms with E-state index in [2.05, 4.69) is 4.74 Å². The molecule has 0 fully saturated rings. The summed E-state index contributed by atoms with van der Waals surface area (Å²) in [4.78, 5) is 30.8. The second-order valence-electron chi connectivity index (χ2n) is 2.96. The van der Waals surface area contributed by atoms with Crippen molar-refractivity contribution in [3.05, 3.63) is 35.4 Å². The van der Waals surface area contributed by atoms with E-state index >= 15 is 0 Å². The fourth-order valence-corrected chi connectivity index (χ4v) is 1.99. The first-order chi connectivity index (χ1) is 8.31. The molecule has 1 aromatic rings. The Labute approximate surface area is 113 Å². The number of aromatic hydroxyl groups is 1. The molecule has 0 aliphatic heterocycles. The Balaban J connectivity index is 3.71. The second kappa shape index (κ2) is 5.12. The summed E-state index contributed by atoms with van der Waals surface area (Å²) in [5, 5.41) is 31.0. The van der Waals surface area contributed by atoms with Crippen molar-refractivity contribution in [3.63, 3.8) is 0 Å². The minimum Gasteiger partial charge on any atom is -0.501 e. The number of phenolic OH excluding ortho intramolecular Hbond substituents is 1. The largest absolute Gasteiger partial charge is 0.501 e. The molecule has 0 unspecified atom stereocenters. The van der Waals surface area contributed by atoms with Crippen molar-refractivity contribution in [3.8, 4) is 5.75 Å². The number of hydrogen-bond acceptors (Lipinski definition) is 7. The van der Waals surface area contributed by atoms with Crippen LogP contribution < -0.4 is 0 Å². The van der Waals surface area contributed by atoms with E-state index in [1.807, 2.05) is 0 Å². The number of carbonyl (C=O) groups excluding carboxylic acids is 1. The van der Waals surface area contributed by atoms with Crippen molar-refractivity contribution < 1.29 is 24.5 Å². The normalized spacial score (nSPS) is 9.89. The van der Waals surface area contributed by atoms with Crippen LogP contribution in [0.5, 0.6) is 5.75 Å². The van der Waals surface area contributed by atoms with Gasteiger partial charge in [-0.1, -0.05) is 0 Å². The molecule has 0 aliphatic rings. The van der Waals surface area contributed by atoms with E-state index in [9.17, 15) is 30.1 Å². The first kappa shape index (κ1) is 14.1. The van der Waals surface area contributed by atoms with Crippen molar-refractivity contribution in [1.82, 2.24) is 0 Å². The van der Waals surface area contributed by atoms with Crippen molar-refractivity contribution in [2.45, 2.75) is 0 Å². The molecule has 0 saturated heterocycles. The molecule has 1 N–H and O–H groups in total. The lowest BCUT2D eigenvalue weighted by atomic mass is 10.1. The number of halogens is 1. The van der Waals surface area contributed by atoms with E-state index in [1.54, 1.807) is 0 Å². The molecular formula is C8H5IN2O7. The maximum Gasteiger partial charge on any atom is 0.342 e. The third-order valence-electron chi connectivity index (χ3n) is 1.98. The highest BCUT2D eigenvalue weighted by Crippen LogP contribution is 2.40. The molecule has 10 heteroatoms. The number of nitrogens with zero attached hydrogens (tertiary/aromatic N) is 2. The highest BCUT2D eigenvalue weighted by molar-refractivity contribution is 14.1. The van der Waals surface area contributed by atoms with Crippen LogP contribution in [0.3, 0.4) is 0 Å². The third kappa shape index (κ3) is 2.32. The van der Waals surface area contributed by atoms with Crippen molar-refractivity contribution in [2.24, 2.45) is 0 Å². The standard InChI is InChI=1S/C8H5IN2O7/c1-18-8(13)3-2-4(10(14)15)5(9)6(7(3)12)11(16)17/h2,12H,1H3. The number of nitro benzene ring substituents is 2. The van der Waals surface area contributed by atoms with E-state index < -0.39 is 38.5 Å². The molecule has 0 heterocycles. The maximum atomic E-state index is 11.3. The Morgan fingerprint density at radius 3 is 2.33 bits per heavy atom. The van der Waals surface area contributed by atoms with Gasteiger partial charge in [0, 0.05) is 6.07 Å². The fraction of sp³-hybridized carbons (Fsp3) is 0.125. The van der Waals surface area contributed by atoms with Gasteiger partial charge < -0.3 is 9.84 Å². The fourth-order valence-electron chi connectivity index (χ4n) is 1.19. The average Bonchev–Trinajstić information content (AvgIpc) is 2.27. The van der Waals surface area contributed by atoms with Crippen LogP contribution in [-0.2, 0) is 4.74 Å². The molecule has 0 aliphatic carbocycles. The van der Waals surface area contributed by atoms with Gasteiger partial charge in [-0.2, -0.15) is 0 Å². The number of phenols is 1. The number of hydrogen-bond donors (Lipinski definition) is 1. The Kier molecular flexibility index (Phi) is 4.00. The van der Waals surface area contributed by atoms with E-state index in [4.69, 9.17) is 0 Å². The summed E-state index contributed by atoms with van der Waals surface area (Å²) in [6.07, 6.45) is 0. The Hall–Kier alpha value is -1.98. The lowest BCUT2D eigenvalue weighted by molar-refractivity contribution is -0.396. The summed E-state index contributed by atoms with van der Waals surface area (Å²) in [7, 11) is 0.984. The van der Waals surface area contributed by atoms with Gasteiger partial charge in [-0.3, -0.25) is 20.2 Å². The monoisotopic (exact) mass is 368 g/mol. The molecule has 9 nitrogen and oxygen atoms in total. The third-order valence-corrected chi connectivity index (χ3v) is 3.04. The van der Waals surface area contributed by atoms with E-state index in [1.165, 1.54) is 22.6 Å². The van der Waals surface area contributed by atoms with Crippen LogP contribution in [0.15, 0.2) is 6.07 Å². The number of carbonyl (C=O) groups is 1. The molecule has 0 bridgehead atoms. The first-order valence-corrected chi connectivity index (χ1v) is 5.31. The molecule has 0 atom stereocenters. The van der Waals surface area contributed by atoms with Gasteiger partial charge >= 0.3 is 11.7 Å². The Morgan fingerprint density at radius 1 is 1.39 bits per heavy atom. The van der Waals surface area contributed by atoms with Crippen LogP contribution in [-0.4, -0.2) is 28.0 Å². The van der Waals surface area contributed by atoms with Gasteiger partial charge in [-0.05, 0) is 22.6 Å². The first-order valence-electron chi connectivity index (χ1n) is 4.23. The van der Waals surface area contributed by atoms with Gasteiger partial charge in [0.15, 0.2) is 3.57 Å². The molecule has 0 saturated carbocycles. The van der Waals surface area contributed by atoms with Crippen LogP contribution in [0.4, 0.5) is 11.4 Å². The van der Waals surface area contributed by atoms with E-state index in [-0.39, 0.29) is 3.57 Å².